The van der Waals surface area contributed by atoms with Crippen molar-refractivity contribution in [3.8, 4) is 11.1 Å². The second-order valence-corrected chi connectivity index (χ2v) is 8.63. The molecule has 0 saturated carbocycles. The van der Waals surface area contributed by atoms with Gasteiger partial charge in [0, 0.05) is 5.33 Å². The van der Waals surface area contributed by atoms with Crippen LogP contribution in [-0.2, 0) is 14.4 Å². The van der Waals surface area contributed by atoms with Gasteiger partial charge in [-0.2, -0.15) is 0 Å². The molecule has 0 aliphatic heterocycles. The number of rotatable bonds is 7. The fourth-order valence-corrected chi connectivity index (χ4v) is 4.53. The SMILES string of the molecule is CCOP(=O)(O)c1cc(-c2ccc(CBr)cc2)ccc1C=Cc1ccccc1. The van der Waals surface area contributed by atoms with E-state index < -0.39 is 7.60 Å². The van der Waals surface area contributed by atoms with E-state index in [2.05, 4.69) is 15.9 Å². The summed E-state index contributed by atoms with van der Waals surface area (Å²) in [5, 5.41) is 1.10. The highest BCUT2D eigenvalue weighted by Gasteiger charge is 2.25. The maximum Gasteiger partial charge on any atom is 0.359 e. The summed E-state index contributed by atoms with van der Waals surface area (Å²) >= 11 is 3.45. The van der Waals surface area contributed by atoms with Crippen molar-refractivity contribution in [2.45, 2.75) is 12.3 Å². The van der Waals surface area contributed by atoms with Gasteiger partial charge in [0.15, 0.2) is 0 Å². The van der Waals surface area contributed by atoms with Gasteiger partial charge in [-0.25, -0.2) is 0 Å². The first-order chi connectivity index (χ1) is 13.5. The van der Waals surface area contributed by atoms with Gasteiger partial charge in [-0.05, 0) is 40.8 Å². The van der Waals surface area contributed by atoms with Crippen LogP contribution in [0.3, 0.4) is 0 Å². The molecule has 1 N–H and O–H groups in total. The van der Waals surface area contributed by atoms with Crippen molar-refractivity contribution < 1.29 is 14.0 Å². The molecule has 1 atom stereocenters. The summed E-state index contributed by atoms with van der Waals surface area (Å²) < 4.78 is 18.0. The Kier molecular flexibility index (Phi) is 7.03. The van der Waals surface area contributed by atoms with Crippen molar-refractivity contribution in [3.05, 3.63) is 89.5 Å². The molecule has 0 radical (unpaired) electrons. The van der Waals surface area contributed by atoms with Crippen LogP contribution in [0.1, 0.15) is 23.6 Å². The van der Waals surface area contributed by atoms with E-state index in [9.17, 15) is 9.46 Å². The summed E-state index contributed by atoms with van der Waals surface area (Å²) in [5.74, 6) is 0. The molecule has 0 fully saturated rings. The lowest BCUT2D eigenvalue weighted by atomic mass is 10.0. The Morgan fingerprint density at radius 2 is 1.64 bits per heavy atom. The van der Waals surface area contributed by atoms with Gasteiger partial charge in [0.2, 0.25) is 0 Å². The van der Waals surface area contributed by atoms with Crippen LogP contribution >= 0.6 is 23.5 Å². The van der Waals surface area contributed by atoms with E-state index >= 15 is 0 Å². The van der Waals surface area contributed by atoms with Gasteiger partial charge in [0.1, 0.15) is 0 Å². The van der Waals surface area contributed by atoms with Gasteiger partial charge in [-0.1, -0.05) is 94.8 Å². The highest BCUT2D eigenvalue weighted by molar-refractivity contribution is 9.08. The summed E-state index contributed by atoms with van der Waals surface area (Å²) in [7, 11) is -3.93. The Morgan fingerprint density at radius 3 is 2.29 bits per heavy atom. The normalized spacial score (nSPS) is 13.5. The van der Waals surface area contributed by atoms with Crippen LogP contribution in [0, 0.1) is 0 Å². The Morgan fingerprint density at radius 1 is 0.964 bits per heavy atom. The molecule has 3 rings (SSSR count). The van der Waals surface area contributed by atoms with E-state index in [-0.39, 0.29) is 6.61 Å². The maximum absolute atomic E-state index is 12.8. The molecule has 144 valence electrons. The first kappa shape index (κ1) is 20.8. The van der Waals surface area contributed by atoms with Crippen LogP contribution in [0.15, 0.2) is 72.8 Å². The third-order valence-corrected chi connectivity index (χ3v) is 6.59. The van der Waals surface area contributed by atoms with E-state index in [0.29, 0.717) is 10.9 Å². The summed E-state index contributed by atoms with van der Waals surface area (Å²) in [4.78, 5) is 10.5. The van der Waals surface area contributed by atoms with Crippen molar-refractivity contribution in [2.75, 3.05) is 6.61 Å². The lowest BCUT2D eigenvalue weighted by Crippen LogP contribution is -2.11. The van der Waals surface area contributed by atoms with E-state index in [1.54, 1.807) is 13.0 Å². The van der Waals surface area contributed by atoms with Gasteiger partial charge in [0.25, 0.3) is 0 Å². The summed E-state index contributed by atoms with van der Waals surface area (Å²) in [6.07, 6.45) is 3.78. The van der Waals surface area contributed by atoms with Gasteiger partial charge in [0.05, 0.1) is 11.9 Å². The van der Waals surface area contributed by atoms with Gasteiger partial charge < -0.3 is 9.42 Å². The van der Waals surface area contributed by atoms with Crippen LogP contribution in [-0.4, -0.2) is 11.5 Å². The molecule has 3 aromatic rings. The third-order valence-electron chi connectivity index (χ3n) is 4.34. The zero-order valence-electron chi connectivity index (χ0n) is 15.6. The van der Waals surface area contributed by atoms with E-state index in [4.69, 9.17) is 4.52 Å². The minimum Gasteiger partial charge on any atom is -0.321 e. The summed E-state index contributed by atoms with van der Waals surface area (Å²) in [5.41, 5.74) is 4.73. The average molecular weight is 457 g/mol. The zero-order valence-corrected chi connectivity index (χ0v) is 18.1. The van der Waals surface area contributed by atoms with E-state index in [1.807, 2.05) is 78.9 Å². The standard InChI is InChI=1S/C23H22BrO3P/c1-2-27-28(25,26)23-16-22(20-11-9-19(17-24)10-12-20)15-14-21(23)13-8-18-6-4-3-5-7-18/h3-16H,2,17H2,1H3,(H,25,26). The van der Waals surface area contributed by atoms with Crippen LogP contribution in [0.5, 0.6) is 0 Å². The summed E-state index contributed by atoms with van der Waals surface area (Å²) in [6, 6.07) is 23.5. The summed E-state index contributed by atoms with van der Waals surface area (Å²) in [6.45, 7) is 1.88. The highest BCUT2D eigenvalue weighted by atomic mass is 79.9. The van der Waals surface area contributed by atoms with Crippen molar-refractivity contribution in [3.63, 3.8) is 0 Å². The van der Waals surface area contributed by atoms with Crippen LogP contribution in [0.25, 0.3) is 23.3 Å². The molecule has 28 heavy (non-hydrogen) atoms. The largest absolute Gasteiger partial charge is 0.359 e. The second-order valence-electron chi connectivity index (χ2n) is 6.29. The highest BCUT2D eigenvalue weighted by Crippen LogP contribution is 2.43. The molecule has 1 unspecified atom stereocenters. The average Bonchev–Trinajstić information content (AvgIpc) is 2.73. The molecular formula is C23H22BrO3P. The number of hydrogen-bond acceptors (Lipinski definition) is 2. The number of benzene rings is 3. The molecule has 0 heterocycles. The maximum atomic E-state index is 12.8. The molecule has 3 nitrogen and oxygen atoms in total. The molecule has 0 aliphatic carbocycles. The molecule has 0 saturated heterocycles. The minimum absolute atomic E-state index is 0.166. The second kappa shape index (κ2) is 9.49. The van der Waals surface area contributed by atoms with Gasteiger partial charge in [-0.15, -0.1) is 0 Å². The molecule has 5 heteroatoms. The first-order valence-corrected chi connectivity index (χ1v) is 11.7. The van der Waals surface area contributed by atoms with Crippen molar-refractivity contribution in [1.82, 2.24) is 0 Å². The quantitative estimate of drug-likeness (QED) is 0.259. The van der Waals surface area contributed by atoms with Gasteiger partial charge >= 0.3 is 7.60 Å². The molecule has 0 aromatic heterocycles. The van der Waals surface area contributed by atoms with Crippen molar-refractivity contribution in [1.29, 1.82) is 0 Å². The number of halogens is 1. The fourth-order valence-electron chi connectivity index (χ4n) is 2.89. The predicted octanol–water partition coefficient (Wildman–Crippen LogP) is 6.27. The molecule has 3 aromatic carbocycles. The fraction of sp³-hybridized carbons (Fsp3) is 0.130. The van der Waals surface area contributed by atoms with Gasteiger partial charge in [-0.3, -0.25) is 4.57 Å². The monoisotopic (exact) mass is 456 g/mol. The van der Waals surface area contributed by atoms with Crippen LogP contribution in [0.2, 0.25) is 0 Å². The number of alkyl halides is 1. The first-order valence-electron chi connectivity index (χ1n) is 9.04. The van der Waals surface area contributed by atoms with E-state index in [0.717, 1.165) is 22.0 Å². The van der Waals surface area contributed by atoms with Crippen LogP contribution < -0.4 is 5.30 Å². The lowest BCUT2D eigenvalue weighted by Gasteiger charge is -2.15. The van der Waals surface area contributed by atoms with Crippen molar-refractivity contribution >= 4 is 41.0 Å². The van der Waals surface area contributed by atoms with E-state index in [1.165, 1.54) is 5.56 Å². The van der Waals surface area contributed by atoms with Crippen LogP contribution in [0.4, 0.5) is 0 Å². The molecule has 0 bridgehead atoms. The molecular weight excluding hydrogens is 435 g/mol. The zero-order chi connectivity index (χ0) is 20.0. The topological polar surface area (TPSA) is 46.5 Å². The lowest BCUT2D eigenvalue weighted by molar-refractivity contribution is 0.284. The number of hydrogen-bond donors (Lipinski definition) is 1. The Bertz CT molecular complexity index is 998. The Labute approximate surface area is 174 Å². The molecule has 0 aliphatic rings. The predicted molar refractivity (Wildman–Crippen MR) is 121 cm³/mol. The molecule has 0 amide bonds. The smallest absolute Gasteiger partial charge is 0.321 e. The Hall–Kier alpha value is -1.97. The minimum atomic E-state index is -3.93. The molecule has 0 spiro atoms. The third kappa shape index (κ3) is 5.09. The van der Waals surface area contributed by atoms with Crippen molar-refractivity contribution in [2.24, 2.45) is 0 Å². The Balaban J connectivity index is 2.04.